The molecular weight excluding hydrogens is 794 g/mol. The molecule has 0 heterocycles. The summed E-state index contributed by atoms with van der Waals surface area (Å²) in [5.41, 5.74) is 1.72. The second-order valence-electron chi connectivity index (χ2n) is 15.3. The number of rotatable bonds is 46. The number of aliphatic carboxylic acids is 2. The molecule has 0 saturated heterocycles. The number of nitrogens with one attached hydrogen (secondary N) is 5. The minimum absolute atomic E-state index is 0.0152. The number of carbonyl (C=O) groups is 6. The average molecular weight is 876 g/mol. The topological polar surface area (TPSA) is 260 Å². The number of carboxylic acids is 2. The fourth-order valence-electron chi connectivity index (χ4n) is 6.24. The van der Waals surface area contributed by atoms with Gasteiger partial charge in [-0.25, -0.2) is 4.79 Å². The molecule has 4 amide bonds. The number of carboxylic acid groups (broad SMARTS) is 2. The van der Waals surface area contributed by atoms with Gasteiger partial charge in [-0.1, -0.05) is 110 Å². The molecule has 0 aromatic carbocycles. The van der Waals surface area contributed by atoms with Crippen molar-refractivity contribution in [2.24, 2.45) is 0 Å². The second kappa shape index (κ2) is 43.2. The van der Waals surface area contributed by atoms with E-state index in [1.54, 1.807) is 5.48 Å². The molecule has 8 N–H and O–H groups in total. The van der Waals surface area contributed by atoms with E-state index in [2.05, 4.69) is 28.2 Å². The Hall–Kier alpha value is -3.42. The molecular formula is C43H81N5O13. The van der Waals surface area contributed by atoms with Crippen molar-refractivity contribution in [2.75, 3.05) is 72.5 Å². The van der Waals surface area contributed by atoms with Crippen LogP contribution in [0.5, 0.6) is 0 Å². The van der Waals surface area contributed by atoms with E-state index in [0.717, 1.165) is 19.3 Å². The van der Waals surface area contributed by atoms with Crippen LogP contribution in [0.4, 0.5) is 0 Å². The Bertz CT molecular complexity index is 1130. The summed E-state index contributed by atoms with van der Waals surface area (Å²) in [6, 6.07) is -2.16. The first-order valence-electron chi connectivity index (χ1n) is 22.9. The summed E-state index contributed by atoms with van der Waals surface area (Å²) < 4.78 is 21.2. The molecule has 18 nitrogen and oxygen atoms in total. The van der Waals surface area contributed by atoms with Crippen molar-refractivity contribution in [3.8, 4) is 0 Å². The van der Waals surface area contributed by atoms with E-state index in [0.29, 0.717) is 25.8 Å². The summed E-state index contributed by atoms with van der Waals surface area (Å²) in [4.78, 5) is 70.6. The number of hydroxylamine groups is 1. The minimum atomic E-state index is -1.17. The Morgan fingerprint density at radius 3 is 1.31 bits per heavy atom. The molecule has 61 heavy (non-hydrogen) atoms. The summed E-state index contributed by atoms with van der Waals surface area (Å²) in [5, 5.41) is 37.6. The zero-order chi connectivity index (χ0) is 45.0. The van der Waals surface area contributed by atoms with Crippen molar-refractivity contribution >= 4 is 35.6 Å². The highest BCUT2D eigenvalue weighted by Gasteiger charge is 2.21. The summed E-state index contributed by atoms with van der Waals surface area (Å²) in [5.74, 6) is -3.62. The first kappa shape index (κ1) is 57.6. The third-order valence-corrected chi connectivity index (χ3v) is 9.84. The first-order valence-corrected chi connectivity index (χ1v) is 22.9. The number of hydrogen-bond acceptors (Lipinski definition) is 12. The molecule has 0 saturated carbocycles. The lowest BCUT2D eigenvalue weighted by Gasteiger charge is -2.14. The van der Waals surface area contributed by atoms with E-state index in [-0.39, 0.29) is 115 Å². The normalized spacial score (nSPS) is 12.1. The number of unbranched alkanes of at least 4 members (excludes halogenated alkanes) is 17. The summed E-state index contributed by atoms with van der Waals surface area (Å²) in [6.07, 6.45) is 22.8. The Kier molecular flexibility index (Phi) is 40.8. The number of carbonyl (C=O) groups excluding carboxylic acids is 4. The van der Waals surface area contributed by atoms with Crippen LogP contribution in [0.3, 0.4) is 0 Å². The molecule has 0 aromatic heterocycles. The van der Waals surface area contributed by atoms with E-state index in [1.807, 2.05) is 0 Å². The molecule has 0 fully saturated rings. The number of ether oxygens (including phenoxy) is 4. The average Bonchev–Trinajstić information content (AvgIpc) is 3.23. The molecule has 0 aliphatic carbocycles. The van der Waals surface area contributed by atoms with Crippen LogP contribution < -0.4 is 26.7 Å². The van der Waals surface area contributed by atoms with Crippen molar-refractivity contribution in [3.63, 3.8) is 0 Å². The molecule has 0 aliphatic heterocycles. The molecule has 0 radical (unpaired) electrons. The molecule has 0 bridgehead atoms. The van der Waals surface area contributed by atoms with Gasteiger partial charge in [-0.3, -0.25) is 24.0 Å². The monoisotopic (exact) mass is 876 g/mol. The zero-order valence-corrected chi connectivity index (χ0v) is 37.1. The maximum atomic E-state index is 12.3. The van der Waals surface area contributed by atoms with E-state index in [1.165, 1.54) is 83.5 Å². The van der Waals surface area contributed by atoms with E-state index in [9.17, 15) is 33.9 Å². The van der Waals surface area contributed by atoms with Gasteiger partial charge >= 0.3 is 11.9 Å². The van der Waals surface area contributed by atoms with Crippen LogP contribution in [-0.2, 0) is 47.7 Å². The lowest BCUT2D eigenvalue weighted by molar-refractivity contribution is -0.143. The Morgan fingerprint density at radius 1 is 0.426 bits per heavy atom. The Morgan fingerprint density at radius 2 is 0.852 bits per heavy atom. The molecule has 0 spiro atoms. The van der Waals surface area contributed by atoms with Gasteiger partial charge in [-0.15, -0.1) is 0 Å². The van der Waals surface area contributed by atoms with Gasteiger partial charge in [0.2, 0.25) is 23.6 Å². The van der Waals surface area contributed by atoms with Crippen LogP contribution in [-0.4, -0.2) is 136 Å². The van der Waals surface area contributed by atoms with E-state index >= 15 is 0 Å². The van der Waals surface area contributed by atoms with Crippen LogP contribution in [0.15, 0.2) is 0 Å². The lowest BCUT2D eigenvalue weighted by Crippen LogP contribution is -2.41. The first-order chi connectivity index (χ1) is 29.6. The van der Waals surface area contributed by atoms with Gasteiger partial charge in [0, 0.05) is 32.5 Å². The number of hydrogen-bond donors (Lipinski definition) is 8. The highest BCUT2D eigenvalue weighted by atomic mass is 16.5. The van der Waals surface area contributed by atoms with Gasteiger partial charge in [0.1, 0.15) is 25.3 Å². The van der Waals surface area contributed by atoms with Crippen LogP contribution in [0, 0.1) is 0 Å². The summed E-state index contributed by atoms with van der Waals surface area (Å²) in [6.45, 7) is 3.97. The van der Waals surface area contributed by atoms with E-state index in [4.69, 9.17) is 29.3 Å². The number of amides is 4. The molecule has 356 valence electrons. The summed E-state index contributed by atoms with van der Waals surface area (Å²) >= 11 is 0. The Labute approximate surface area is 364 Å². The third-order valence-electron chi connectivity index (χ3n) is 9.84. The van der Waals surface area contributed by atoms with Gasteiger partial charge in [-0.2, -0.15) is 5.48 Å². The van der Waals surface area contributed by atoms with Crippen molar-refractivity contribution in [1.82, 2.24) is 26.7 Å². The van der Waals surface area contributed by atoms with Crippen LogP contribution in [0.25, 0.3) is 0 Å². The van der Waals surface area contributed by atoms with Crippen molar-refractivity contribution in [3.05, 3.63) is 0 Å². The van der Waals surface area contributed by atoms with Crippen molar-refractivity contribution < 1.29 is 63.1 Å². The smallest absolute Gasteiger partial charge is 0.326 e. The van der Waals surface area contributed by atoms with Gasteiger partial charge < -0.3 is 55.6 Å². The van der Waals surface area contributed by atoms with Crippen LogP contribution in [0.2, 0.25) is 0 Å². The largest absolute Gasteiger partial charge is 0.480 e. The zero-order valence-electron chi connectivity index (χ0n) is 37.1. The molecule has 0 rings (SSSR count). The van der Waals surface area contributed by atoms with Gasteiger partial charge in [0.15, 0.2) is 0 Å². The molecule has 2 atom stereocenters. The van der Waals surface area contributed by atoms with Crippen molar-refractivity contribution in [2.45, 2.75) is 167 Å². The maximum absolute atomic E-state index is 12.3. The van der Waals surface area contributed by atoms with E-state index < -0.39 is 24.0 Å². The van der Waals surface area contributed by atoms with Crippen LogP contribution >= 0.6 is 0 Å². The molecule has 0 aliphatic rings. The maximum Gasteiger partial charge on any atom is 0.326 e. The predicted molar refractivity (Wildman–Crippen MR) is 230 cm³/mol. The summed E-state index contributed by atoms with van der Waals surface area (Å²) in [7, 11) is 0. The SMILES string of the molecule is CCCCCCCCCCCCCCCCCCCC(=O)NC(CCC(=O)NCCOCCOCC(=O)NCCOCCOCC(=O)NCCCCC(NO)C(=O)O)C(=O)O. The fraction of sp³-hybridized carbons (Fsp3) is 0.860. The fourth-order valence-corrected chi connectivity index (χ4v) is 6.24. The molecule has 2 unspecified atom stereocenters. The lowest BCUT2D eigenvalue weighted by atomic mass is 10.0. The third kappa shape index (κ3) is 40.4. The predicted octanol–water partition coefficient (Wildman–Crippen LogP) is 4.40. The minimum Gasteiger partial charge on any atom is -0.480 e. The van der Waals surface area contributed by atoms with Crippen LogP contribution in [0.1, 0.15) is 155 Å². The van der Waals surface area contributed by atoms with Gasteiger partial charge in [-0.05, 0) is 32.1 Å². The van der Waals surface area contributed by atoms with Crippen molar-refractivity contribution in [1.29, 1.82) is 0 Å². The van der Waals surface area contributed by atoms with Gasteiger partial charge in [0.05, 0.1) is 39.6 Å². The second-order valence-corrected chi connectivity index (χ2v) is 15.3. The Balaban J connectivity index is 3.65. The standard InChI is InChI=1S/C43H81N5O13/c1-2-3-4-5-6-7-8-9-10-11-12-13-14-15-16-17-18-22-39(50)47-36(42(53)54)23-24-38(49)45-26-28-58-30-33-61-35-41(52)46-27-29-59-31-32-60-34-40(51)44-25-20-19-21-37(48-57)43(55)56/h36-37,48,57H,2-35H2,1H3,(H,44,51)(H,45,49)(H,46,52)(H,47,50)(H,53,54)(H,55,56). The molecule has 0 aromatic rings. The van der Waals surface area contributed by atoms with Gasteiger partial charge in [0.25, 0.3) is 0 Å². The molecule has 18 heteroatoms. The highest BCUT2D eigenvalue weighted by molar-refractivity contribution is 5.84. The highest BCUT2D eigenvalue weighted by Crippen LogP contribution is 2.14. The quantitative estimate of drug-likeness (QED) is 0.0312.